The van der Waals surface area contributed by atoms with E-state index in [0.717, 1.165) is 4.90 Å². The first kappa shape index (κ1) is 15.6. The Balaban J connectivity index is 2.33. The zero-order valence-corrected chi connectivity index (χ0v) is 14.1. The molecule has 1 atom stereocenters. The molecule has 0 aromatic rings. The predicted molar refractivity (Wildman–Crippen MR) is 76.6 cm³/mol. The Morgan fingerprint density at radius 3 is 2.65 bits per heavy atom. The van der Waals surface area contributed by atoms with Crippen molar-refractivity contribution in [3.05, 3.63) is 20.2 Å². The fourth-order valence-electron chi connectivity index (χ4n) is 1.92. The van der Waals surface area contributed by atoms with E-state index in [1.54, 1.807) is 0 Å². The molecule has 0 spiro atoms. The van der Waals surface area contributed by atoms with Gasteiger partial charge in [-0.25, -0.2) is 0 Å². The summed E-state index contributed by atoms with van der Waals surface area (Å²) in [4.78, 5) is 35.2. The van der Waals surface area contributed by atoms with Crippen LogP contribution in [0.2, 0.25) is 0 Å². The number of aliphatic carboxylic acids is 1. The van der Waals surface area contributed by atoms with Crippen LogP contribution >= 0.6 is 43.6 Å². The van der Waals surface area contributed by atoms with Gasteiger partial charge in [-0.1, -0.05) is 0 Å². The second-order valence-electron chi connectivity index (χ2n) is 4.03. The molecule has 1 amide bonds. The number of esters is 1. The molecule has 0 aromatic heterocycles. The van der Waals surface area contributed by atoms with Gasteiger partial charge in [0.2, 0.25) is 0 Å². The molecule has 1 fully saturated rings. The number of carbonyl (C=O) groups excluding carboxylic acids is 3. The molecular weight excluding hydrogens is 418 g/mol. The average Bonchev–Trinajstić information content (AvgIpc) is 2.34. The van der Waals surface area contributed by atoms with E-state index in [1.165, 1.54) is 18.7 Å². The van der Waals surface area contributed by atoms with Gasteiger partial charge < -0.3 is 14.6 Å². The van der Waals surface area contributed by atoms with Gasteiger partial charge in [-0.3, -0.25) is 14.5 Å². The van der Waals surface area contributed by atoms with E-state index in [0.29, 0.717) is 20.3 Å². The second-order valence-corrected chi connectivity index (χ2v) is 7.75. The molecule has 0 saturated carbocycles. The van der Waals surface area contributed by atoms with Crippen LogP contribution in [-0.4, -0.2) is 40.5 Å². The highest BCUT2D eigenvalue weighted by atomic mass is 79.9. The Morgan fingerprint density at radius 1 is 1.50 bits per heavy atom. The van der Waals surface area contributed by atoms with Gasteiger partial charge in [-0.2, -0.15) is 0 Å². The largest absolute Gasteiger partial charge is 0.543 e. The highest BCUT2D eigenvalue weighted by Crippen LogP contribution is 2.46. The number of carboxylic acid groups (broad SMARTS) is 1. The van der Waals surface area contributed by atoms with Gasteiger partial charge in [-0.05, 0) is 31.9 Å². The van der Waals surface area contributed by atoms with Crippen molar-refractivity contribution in [2.75, 3.05) is 12.4 Å². The maximum absolute atomic E-state index is 12.0. The lowest BCUT2D eigenvalue weighted by Gasteiger charge is -2.47. The summed E-state index contributed by atoms with van der Waals surface area (Å²) >= 11 is 7.71. The van der Waals surface area contributed by atoms with Crippen LogP contribution in [0.4, 0.5) is 0 Å². The van der Waals surface area contributed by atoms with Crippen molar-refractivity contribution in [1.29, 1.82) is 0 Å². The smallest absolute Gasteiger partial charge is 0.302 e. The standard InChI is InChI=1S/C11H9Br2NO5S/c1-4(15)19-2-5-3-20-10-6(8(12)13)9(16)14(10)7(5)11(17)18/h10H,2-3H2,1H3,(H,17,18)/p-1/t10-/m1/s1. The molecule has 1 saturated heterocycles. The Labute approximate surface area is 135 Å². The van der Waals surface area contributed by atoms with Crippen LogP contribution in [0.25, 0.3) is 0 Å². The molecule has 6 nitrogen and oxygen atoms in total. The number of thioether (sulfide) groups is 1. The summed E-state index contributed by atoms with van der Waals surface area (Å²) in [7, 11) is 0. The number of fused-ring (bicyclic) bond motifs is 1. The van der Waals surface area contributed by atoms with Crippen LogP contribution in [-0.2, 0) is 19.1 Å². The fourth-order valence-corrected chi connectivity index (χ4v) is 4.31. The highest BCUT2D eigenvalue weighted by Gasteiger charge is 2.49. The van der Waals surface area contributed by atoms with E-state index >= 15 is 0 Å². The van der Waals surface area contributed by atoms with Gasteiger partial charge in [0, 0.05) is 18.2 Å². The van der Waals surface area contributed by atoms with Gasteiger partial charge in [0.1, 0.15) is 12.0 Å². The molecule has 2 aliphatic rings. The summed E-state index contributed by atoms with van der Waals surface area (Å²) in [6.07, 6.45) is 0. The number of ether oxygens (including phenoxy) is 1. The predicted octanol–water partition coefficient (Wildman–Crippen LogP) is 0.470. The quantitative estimate of drug-likeness (QED) is 0.371. The number of carbonyl (C=O) groups is 3. The SMILES string of the molecule is CC(=O)OCC1=C(C(=O)[O-])N2C(=O)C(=C(Br)Br)[C@H]2SC1. The lowest BCUT2D eigenvalue weighted by atomic mass is 10.0. The van der Waals surface area contributed by atoms with Crippen molar-refractivity contribution in [2.24, 2.45) is 0 Å². The van der Waals surface area contributed by atoms with Crippen molar-refractivity contribution in [1.82, 2.24) is 4.90 Å². The zero-order valence-electron chi connectivity index (χ0n) is 10.1. The molecule has 9 heteroatoms. The molecule has 108 valence electrons. The number of hydrogen-bond acceptors (Lipinski definition) is 6. The first-order valence-electron chi connectivity index (χ1n) is 5.41. The van der Waals surface area contributed by atoms with Crippen molar-refractivity contribution in [3.8, 4) is 0 Å². The molecule has 0 N–H and O–H groups in total. The van der Waals surface area contributed by atoms with Crippen LogP contribution < -0.4 is 5.11 Å². The number of carboxylic acids is 1. The molecule has 0 unspecified atom stereocenters. The molecule has 20 heavy (non-hydrogen) atoms. The number of hydrogen-bond donors (Lipinski definition) is 0. The molecular formula is C11H8Br2NO5S-. The minimum absolute atomic E-state index is 0.156. The maximum atomic E-state index is 12.0. The van der Waals surface area contributed by atoms with Gasteiger partial charge >= 0.3 is 5.97 Å². The summed E-state index contributed by atoms with van der Waals surface area (Å²) in [5.41, 5.74) is 0.629. The van der Waals surface area contributed by atoms with Crippen LogP contribution in [0.3, 0.4) is 0 Å². The van der Waals surface area contributed by atoms with Crippen LogP contribution in [0.15, 0.2) is 20.2 Å². The summed E-state index contributed by atoms with van der Waals surface area (Å²) in [5.74, 6) is -2.02. The van der Waals surface area contributed by atoms with E-state index in [9.17, 15) is 19.5 Å². The van der Waals surface area contributed by atoms with Gasteiger partial charge in [0.25, 0.3) is 5.91 Å². The normalized spacial score (nSPS) is 21.4. The Morgan fingerprint density at radius 2 is 2.15 bits per heavy atom. The van der Waals surface area contributed by atoms with E-state index in [4.69, 9.17) is 4.74 Å². The summed E-state index contributed by atoms with van der Waals surface area (Å²) in [6.45, 7) is 1.08. The van der Waals surface area contributed by atoms with Crippen molar-refractivity contribution >= 4 is 61.5 Å². The maximum Gasteiger partial charge on any atom is 0.302 e. The third-order valence-electron chi connectivity index (χ3n) is 2.77. The van der Waals surface area contributed by atoms with Crippen molar-refractivity contribution in [3.63, 3.8) is 0 Å². The lowest BCUT2D eigenvalue weighted by molar-refractivity contribution is -0.301. The van der Waals surface area contributed by atoms with Gasteiger partial charge in [0.15, 0.2) is 0 Å². The van der Waals surface area contributed by atoms with E-state index in [-0.39, 0.29) is 17.7 Å². The first-order chi connectivity index (χ1) is 9.34. The van der Waals surface area contributed by atoms with E-state index in [1.807, 2.05) is 0 Å². The number of β-lactam (4-membered cyclic amide) rings is 1. The average molecular weight is 426 g/mol. The molecule has 2 heterocycles. The molecule has 2 rings (SSSR count). The first-order valence-corrected chi connectivity index (χ1v) is 8.05. The lowest BCUT2D eigenvalue weighted by Crippen LogP contribution is -2.58. The Bertz CT molecular complexity index is 567. The number of nitrogens with zero attached hydrogens (tertiary/aromatic N) is 1. The fraction of sp³-hybridized carbons (Fsp3) is 0.364. The van der Waals surface area contributed by atoms with Crippen LogP contribution in [0.5, 0.6) is 0 Å². The molecule has 0 radical (unpaired) electrons. The Hall–Kier alpha value is -0.800. The molecule has 0 aromatic carbocycles. The third kappa shape index (κ3) is 2.66. The number of rotatable bonds is 3. The van der Waals surface area contributed by atoms with Gasteiger partial charge in [0.05, 0.1) is 20.6 Å². The van der Waals surface area contributed by atoms with E-state index in [2.05, 4.69) is 31.9 Å². The van der Waals surface area contributed by atoms with Crippen molar-refractivity contribution in [2.45, 2.75) is 12.3 Å². The van der Waals surface area contributed by atoms with Crippen LogP contribution in [0, 0.1) is 0 Å². The van der Waals surface area contributed by atoms with Gasteiger partial charge in [-0.15, -0.1) is 11.8 Å². The number of halogens is 2. The van der Waals surface area contributed by atoms with Crippen molar-refractivity contribution < 1.29 is 24.2 Å². The number of amides is 1. The summed E-state index contributed by atoms with van der Waals surface area (Å²) in [5, 5.41) is 10.9. The summed E-state index contributed by atoms with van der Waals surface area (Å²) in [6, 6.07) is 0. The minimum atomic E-state index is -1.45. The second kappa shape index (κ2) is 5.90. The zero-order chi connectivity index (χ0) is 15.0. The minimum Gasteiger partial charge on any atom is -0.543 e. The highest BCUT2D eigenvalue weighted by molar-refractivity contribution is 9.28. The monoisotopic (exact) mass is 424 g/mol. The van der Waals surface area contributed by atoms with Crippen LogP contribution in [0.1, 0.15) is 6.92 Å². The topological polar surface area (TPSA) is 86.7 Å². The molecule has 0 bridgehead atoms. The molecule has 2 aliphatic heterocycles. The summed E-state index contributed by atoms with van der Waals surface area (Å²) < 4.78 is 5.31. The molecule has 0 aliphatic carbocycles. The van der Waals surface area contributed by atoms with E-state index < -0.39 is 17.8 Å². The Kier molecular flexibility index (Phi) is 4.60. The third-order valence-corrected chi connectivity index (χ3v) is 4.90.